The lowest BCUT2D eigenvalue weighted by atomic mass is 10.0. The summed E-state index contributed by atoms with van der Waals surface area (Å²) < 4.78 is 5.88. The van der Waals surface area contributed by atoms with Gasteiger partial charge in [-0.3, -0.25) is 4.98 Å². The van der Waals surface area contributed by atoms with Crippen molar-refractivity contribution in [2.24, 2.45) is 0 Å². The van der Waals surface area contributed by atoms with Gasteiger partial charge < -0.3 is 9.84 Å². The summed E-state index contributed by atoms with van der Waals surface area (Å²) in [7, 11) is 1.56. The highest BCUT2D eigenvalue weighted by Gasteiger charge is 2.09. The molecular formula is C13H13BrN2O2. The highest BCUT2D eigenvalue weighted by atomic mass is 79.9. The van der Waals surface area contributed by atoms with E-state index in [2.05, 4.69) is 25.9 Å². The normalized spacial score (nSPS) is 12.2. The van der Waals surface area contributed by atoms with Gasteiger partial charge in [0.2, 0.25) is 5.88 Å². The van der Waals surface area contributed by atoms with Crippen LogP contribution in [0, 0.1) is 0 Å². The Kier molecular flexibility index (Phi) is 4.28. The maximum absolute atomic E-state index is 10.1. The van der Waals surface area contributed by atoms with Crippen LogP contribution >= 0.6 is 15.9 Å². The highest BCUT2D eigenvalue weighted by Crippen LogP contribution is 2.20. The van der Waals surface area contributed by atoms with Gasteiger partial charge in [0.1, 0.15) is 0 Å². The van der Waals surface area contributed by atoms with Crippen molar-refractivity contribution in [3.8, 4) is 5.88 Å². The molecular weight excluding hydrogens is 296 g/mol. The van der Waals surface area contributed by atoms with Gasteiger partial charge in [-0.15, -0.1) is 0 Å². The first-order chi connectivity index (χ1) is 8.69. The predicted molar refractivity (Wildman–Crippen MR) is 71.4 cm³/mol. The van der Waals surface area contributed by atoms with E-state index in [1.807, 2.05) is 12.1 Å². The number of aromatic nitrogens is 2. The van der Waals surface area contributed by atoms with Crippen molar-refractivity contribution in [2.75, 3.05) is 7.11 Å². The van der Waals surface area contributed by atoms with E-state index in [4.69, 9.17) is 4.74 Å². The summed E-state index contributed by atoms with van der Waals surface area (Å²) in [6, 6.07) is 5.48. The molecule has 1 unspecified atom stereocenters. The summed E-state index contributed by atoms with van der Waals surface area (Å²) in [6.45, 7) is 0. The molecule has 0 amide bonds. The van der Waals surface area contributed by atoms with E-state index in [1.54, 1.807) is 31.8 Å². The second-order valence-corrected chi connectivity index (χ2v) is 4.78. The third-order valence-corrected chi connectivity index (χ3v) is 2.98. The Morgan fingerprint density at radius 2 is 2.17 bits per heavy atom. The van der Waals surface area contributed by atoms with Gasteiger partial charge in [0.05, 0.1) is 13.2 Å². The molecule has 2 rings (SSSR count). The zero-order valence-corrected chi connectivity index (χ0v) is 11.5. The number of aliphatic hydroxyl groups is 1. The third kappa shape index (κ3) is 3.27. The number of hydrogen-bond acceptors (Lipinski definition) is 4. The molecule has 0 fully saturated rings. The zero-order chi connectivity index (χ0) is 13.0. The molecule has 5 heteroatoms. The van der Waals surface area contributed by atoms with Crippen molar-refractivity contribution < 1.29 is 9.84 Å². The SMILES string of the molecule is COc1ccc(C(O)Cc2cncc(Br)c2)cn1. The van der Waals surface area contributed by atoms with Gasteiger partial charge in [-0.2, -0.15) is 0 Å². The Balaban J connectivity index is 2.09. The molecule has 1 atom stereocenters. The number of halogens is 1. The molecule has 0 spiro atoms. The molecule has 0 aliphatic rings. The molecule has 0 aliphatic carbocycles. The van der Waals surface area contributed by atoms with E-state index >= 15 is 0 Å². The summed E-state index contributed by atoms with van der Waals surface area (Å²) >= 11 is 3.35. The Hall–Kier alpha value is -1.46. The number of rotatable bonds is 4. The van der Waals surface area contributed by atoms with Gasteiger partial charge in [0, 0.05) is 35.6 Å². The molecule has 4 nitrogen and oxygen atoms in total. The number of hydrogen-bond donors (Lipinski definition) is 1. The van der Waals surface area contributed by atoms with Crippen LogP contribution in [0.5, 0.6) is 5.88 Å². The van der Waals surface area contributed by atoms with Crippen molar-refractivity contribution in [3.63, 3.8) is 0 Å². The smallest absolute Gasteiger partial charge is 0.212 e. The van der Waals surface area contributed by atoms with Crippen LogP contribution in [0.2, 0.25) is 0 Å². The van der Waals surface area contributed by atoms with Crippen LogP contribution in [0.4, 0.5) is 0 Å². The highest BCUT2D eigenvalue weighted by molar-refractivity contribution is 9.10. The number of nitrogens with zero attached hydrogens (tertiary/aromatic N) is 2. The number of pyridine rings is 2. The van der Waals surface area contributed by atoms with Gasteiger partial charge in [0.15, 0.2) is 0 Å². The summed E-state index contributed by atoms with van der Waals surface area (Å²) in [6.07, 6.45) is 4.98. The molecule has 0 aliphatic heterocycles. The second-order valence-electron chi connectivity index (χ2n) is 3.87. The van der Waals surface area contributed by atoms with Gasteiger partial charge in [0.25, 0.3) is 0 Å². The van der Waals surface area contributed by atoms with E-state index in [-0.39, 0.29) is 0 Å². The maximum Gasteiger partial charge on any atom is 0.212 e. The fraction of sp³-hybridized carbons (Fsp3) is 0.231. The Bertz CT molecular complexity index is 517. The summed E-state index contributed by atoms with van der Waals surface area (Å²) in [4.78, 5) is 8.14. The summed E-state index contributed by atoms with van der Waals surface area (Å²) in [5.41, 5.74) is 1.73. The third-order valence-electron chi connectivity index (χ3n) is 2.54. The van der Waals surface area contributed by atoms with E-state index in [0.29, 0.717) is 12.3 Å². The average Bonchev–Trinajstić information content (AvgIpc) is 2.39. The molecule has 0 radical (unpaired) electrons. The van der Waals surface area contributed by atoms with Crippen LogP contribution in [-0.4, -0.2) is 22.2 Å². The first-order valence-corrected chi connectivity index (χ1v) is 6.26. The van der Waals surface area contributed by atoms with Crippen LogP contribution < -0.4 is 4.74 Å². The fourth-order valence-electron chi connectivity index (χ4n) is 1.62. The molecule has 1 N–H and O–H groups in total. The van der Waals surface area contributed by atoms with Crippen LogP contribution in [0.3, 0.4) is 0 Å². The minimum Gasteiger partial charge on any atom is -0.481 e. The summed E-state index contributed by atoms with van der Waals surface area (Å²) in [5, 5.41) is 10.1. The molecule has 2 heterocycles. The largest absolute Gasteiger partial charge is 0.481 e. The standard InChI is InChI=1S/C13H13BrN2O2/c1-18-13-3-2-10(7-16-13)12(17)5-9-4-11(14)8-15-6-9/h2-4,6-8,12,17H,5H2,1H3. The fourth-order valence-corrected chi connectivity index (χ4v) is 2.03. The lowest BCUT2D eigenvalue weighted by Crippen LogP contribution is -2.03. The monoisotopic (exact) mass is 308 g/mol. The van der Waals surface area contributed by atoms with Gasteiger partial charge >= 0.3 is 0 Å². The molecule has 0 saturated heterocycles. The Morgan fingerprint density at radius 1 is 1.33 bits per heavy atom. The van der Waals surface area contributed by atoms with Crippen molar-refractivity contribution in [1.29, 1.82) is 0 Å². The van der Waals surface area contributed by atoms with Crippen LogP contribution in [0.1, 0.15) is 17.2 Å². The van der Waals surface area contributed by atoms with Crippen LogP contribution in [-0.2, 0) is 6.42 Å². The van der Waals surface area contributed by atoms with Crippen molar-refractivity contribution in [3.05, 3.63) is 52.4 Å². The molecule has 0 saturated carbocycles. The van der Waals surface area contributed by atoms with Gasteiger partial charge in [-0.05, 0) is 39.2 Å². The second kappa shape index (κ2) is 5.93. The first-order valence-electron chi connectivity index (χ1n) is 5.46. The lowest BCUT2D eigenvalue weighted by Gasteiger charge is -2.11. The number of aliphatic hydroxyl groups excluding tert-OH is 1. The number of methoxy groups -OCH3 is 1. The van der Waals surface area contributed by atoms with E-state index < -0.39 is 6.10 Å². The molecule has 2 aromatic heterocycles. The molecule has 0 aromatic carbocycles. The van der Waals surface area contributed by atoms with Crippen molar-refractivity contribution in [2.45, 2.75) is 12.5 Å². The lowest BCUT2D eigenvalue weighted by molar-refractivity contribution is 0.177. The molecule has 0 bridgehead atoms. The van der Waals surface area contributed by atoms with Gasteiger partial charge in [-0.25, -0.2) is 4.98 Å². The van der Waals surface area contributed by atoms with Crippen molar-refractivity contribution >= 4 is 15.9 Å². The molecule has 94 valence electrons. The predicted octanol–water partition coefficient (Wildman–Crippen LogP) is 2.52. The Labute approximate surface area is 114 Å². The maximum atomic E-state index is 10.1. The molecule has 18 heavy (non-hydrogen) atoms. The quantitative estimate of drug-likeness (QED) is 0.943. The topological polar surface area (TPSA) is 55.2 Å². The number of ether oxygens (including phenoxy) is 1. The van der Waals surface area contributed by atoms with E-state index in [0.717, 1.165) is 15.6 Å². The molecule has 2 aromatic rings. The van der Waals surface area contributed by atoms with Crippen LogP contribution in [0.15, 0.2) is 41.3 Å². The van der Waals surface area contributed by atoms with Gasteiger partial charge in [-0.1, -0.05) is 0 Å². The zero-order valence-electron chi connectivity index (χ0n) is 9.88. The summed E-state index contributed by atoms with van der Waals surface area (Å²) in [5.74, 6) is 0.537. The van der Waals surface area contributed by atoms with Crippen LogP contribution in [0.25, 0.3) is 0 Å². The average molecular weight is 309 g/mol. The first kappa shape index (κ1) is 13.0. The minimum atomic E-state index is -0.598. The van der Waals surface area contributed by atoms with E-state index in [1.165, 1.54) is 0 Å². The minimum absolute atomic E-state index is 0.500. The van der Waals surface area contributed by atoms with E-state index in [9.17, 15) is 5.11 Å². The Morgan fingerprint density at radius 3 is 2.78 bits per heavy atom. The van der Waals surface area contributed by atoms with Crippen molar-refractivity contribution in [1.82, 2.24) is 9.97 Å².